The van der Waals surface area contributed by atoms with Crippen molar-refractivity contribution < 1.29 is 14.7 Å². The summed E-state index contributed by atoms with van der Waals surface area (Å²) in [5.74, 6) is -1.31. The zero-order valence-electron chi connectivity index (χ0n) is 15.4. The fourth-order valence-electron chi connectivity index (χ4n) is 3.11. The number of aliphatic carboxylic acids is 1. The Morgan fingerprint density at radius 2 is 1.83 bits per heavy atom. The summed E-state index contributed by atoms with van der Waals surface area (Å²) in [7, 11) is 4.19. The summed E-state index contributed by atoms with van der Waals surface area (Å²) in [6.07, 6.45) is 2.21. The van der Waals surface area contributed by atoms with E-state index in [9.17, 15) is 14.7 Å². The van der Waals surface area contributed by atoms with E-state index in [1.807, 2.05) is 13.8 Å². The van der Waals surface area contributed by atoms with E-state index >= 15 is 0 Å². The third kappa shape index (κ3) is 5.77. The van der Waals surface area contributed by atoms with Gasteiger partial charge in [0.05, 0.1) is 5.41 Å². The summed E-state index contributed by atoms with van der Waals surface area (Å²) in [6, 6.07) is -0.353. The van der Waals surface area contributed by atoms with Gasteiger partial charge in [-0.2, -0.15) is 0 Å². The molecular formula is C17H33N3O3. The summed E-state index contributed by atoms with van der Waals surface area (Å²) in [6.45, 7) is 10.2. The summed E-state index contributed by atoms with van der Waals surface area (Å²) in [5.41, 5.74) is -0.624. The molecule has 0 aromatic carbocycles. The van der Waals surface area contributed by atoms with Crippen molar-refractivity contribution in [1.29, 1.82) is 0 Å². The van der Waals surface area contributed by atoms with Crippen LogP contribution in [-0.2, 0) is 9.59 Å². The van der Waals surface area contributed by atoms with Crippen molar-refractivity contribution in [1.82, 2.24) is 15.1 Å². The van der Waals surface area contributed by atoms with E-state index in [0.29, 0.717) is 12.6 Å². The third-order valence-electron chi connectivity index (χ3n) is 4.79. The van der Waals surface area contributed by atoms with E-state index in [1.165, 1.54) is 0 Å². The average molecular weight is 327 g/mol. The molecule has 0 aliphatic carbocycles. The van der Waals surface area contributed by atoms with Crippen molar-refractivity contribution in [3.63, 3.8) is 0 Å². The summed E-state index contributed by atoms with van der Waals surface area (Å²) in [4.78, 5) is 28.4. The minimum atomic E-state index is -0.979. The molecule has 6 nitrogen and oxygen atoms in total. The molecule has 1 heterocycles. The van der Waals surface area contributed by atoms with Gasteiger partial charge in [0.25, 0.3) is 0 Å². The Morgan fingerprint density at radius 3 is 2.26 bits per heavy atom. The van der Waals surface area contributed by atoms with E-state index in [1.54, 1.807) is 13.8 Å². The van der Waals surface area contributed by atoms with Crippen molar-refractivity contribution in [3.8, 4) is 0 Å². The number of likely N-dealkylation sites (tertiary alicyclic amines) is 1. The molecule has 0 aromatic heterocycles. The van der Waals surface area contributed by atoms with E-state index in [4.69, 9.17) is 0 Å². The first-order valence-corrected chi connectivity index (χ1v) is 8.47. The predicted molar refractivity (Wildman–Crippen MR) is 91.3 cm³/mol. The highest BCUT2D eigenvalue weighted by Crippen LogP contribution is 2.22. The first-order chi connectivity index (χ1) is 10.5. The van der Waals surface area contributed by atoms with Crippen LogP contribution in [0.3, 0.4) is 0 Å². The maximum atomic E-state index is 12.5. The van der Waals surface area contributed by atoms with Gasteiger partial charge < -0.3 is 20.2 Å². The van der Waals surface area contributed by atoms with Crippen LogP contribution in [0.15, 0.2) is 0 Å². The molecule has 0 spiro atoms. The normalized spacial score (nSPS) is 19.1. The second-order valence-corrected chi connectivity index (χ2v) is 7.87. The maximum absolute atomic E-state index is 12.5. The number of piperidine rings is 1. The number of amides is 1. The fraction of sp³-hybridized carbons (Fsp3) is 0.882. The van der Waals surface area contributed by atoms with Crippen molar-refractivity contribution in [2.75, 3.05) is 33.7 Å². The number of nitrogens with one attached hydrogen (secondary N) is 1. The Hall–Kier alpha value is -1.14. The second kappa shape index (κ2) is 8.11. The van der Waals surface area contributed by atoms with Gasteiger partial charge in [-0.05, 0) is 59.8 Å². The third-order valence-corrected chi connectivity index (χ3v) is 4.79. The van der Waals surface area contributed by atoms with Crippen LogP contribution in [0.1, 0.15) is 40.5 Å². The molecule has 0 saturated carbocycles. The van der Waals surface area contributed by atoms with Gasteiger partial charge in [0.2, 0.25) is 5.91 Å². The van der Waals surface area contributed by atoms with Crippen LogP contribution < -0.4 is 5.32 Å². The molecule has 1 atom stereocenters. The Labute approximate surface area is 140 Å². The molecular weight excluding hydrogens is 294 g/mol. The topological polar surface area (TPSA) is 72.9 Å². The molecule has 1 aliphatic heterocycles. The molecule has 134 valence electrons. The molecule has 0 aromatic rings. The minimum Gasteiger partial charge on any atom is -0.480 e. The highest BCUT2D eigenvalue weighted by atomic mass is 16.4. The Morgan fingerprint density at radius 1 is 1.30 bits per heavy atom. The highest BCUT2D eigenvalue weighted by molar-refractivity contribution is 5.87. The molecule has 1 fully saturated rings. The molecule has 0 radical (unpaired) electrons. The summed E-state index contributed by atoms with van der Waals surface area (Å²) in [5, 5.41) is 11.9. The van der Waals surface area contributed by atoms with Crippen LogP contribution in [0, 0.1) is 11.3 Å². The molecule has 2 N–H and O–H groups in total. The van der Waals surface area contributed by atoms with Gasteiger partial charge in [0.1, 0.15) is 6.04 Å². The zero-order valence-corrected chi connectivity index (χ0v) is 15.4. The first-order valence-electron chi connectivity index (χ1n) is 8.47. The highest BCUT2D eigenvalue weighted by Gasteiger charge is 2.35. The lowest BCUT2D eigenvalue weighted by atomic mass is 9.89. The lowest BCUT2D eigenvalue weighted by molar-refractivity contribution is -0.145. The quantitative estimate of drug-likeness (QED) is 0.736. The van der Waals surface area contributed by atoms with Crippen molar-refractivity contribution in [3.05, 3.63) is 0 Å². The van der Waals surface area contributed by atoms with Gasteiger partial charge in [0, 0.05) is 12.6 Å². The summed E-state index contributed by atoms with van der Waals surface area (Å²) >= 11 is 0. The SMILES string of the molecule is CC(C)C(NC(=O)C(C)(C)CN(C)C1CCN(C)CC1)C(=O)O. The smallest absolute Gasteiger partial charge is 0.326 e. The first kappa shape index (κ1) is 19.9. The lowest BCUT2D eigenvalue weighted by Crippen LogP contribution is -2.53. The van der Waals surface area contributed by atoms with E-state index in [0.717, 1.165) is 25.9 Å². The van der Waals surface area contributed by atoms with Gasteiger partial charge in [-0.25, -0.2) is 4.79 Å². The molecule has 1 rings (SSSR count). The number of carbonyl (C=O) groups excluding carboxylic acids is 1. The van der Waals surface area contributed by atoms with Gasteiger partial charge in [-0.15, -0.1) is 0 Å². The van der Waals surface area contributed by atoms with Crippen molar-refractivity contribution in [2.24, 2.45) is 11.3 Å². The average Bonchev–Trinajstić information content (AvgIpc) is 2.43. The number of rotatable bonds is 7. The number of hydrogen-bond donors (Lipinski definition) is 2. The van der Waals surface area contributed by atoms with Gasteiger partial charge >= 0.3 is 5.97 Å². The van der Waals surface area contributed by atoms with Crippen LogP contribution in [0.25, 0.3) is 0 Å². The Kier molecular flexibility index (Phi) is 7.02. The van der Waals surface area contributed by atoms with E-state index in [2.05, 4.69) is 29.2 Å². The minimum absolute atomic E-state index is 0.140. The van der Waals surface area contributed by atoms with Crippen LogP contribution in [0.5, 0.6) is 0 Å². The summed E-state index contributed by atoms with van der Waals surface area (Å²) < 4.78 is 0. The maximum Gasteiger partial charge on any atom is 0.326 e. The molecule has 6 heteroatoms. The number of carboxylic acid groups (broad SMARTS) is 1. The van der Waals surface area contributed by atoms with Crippen LogP contribution >= 0.6 is 0 Å². The monoisotopic (exact) mass is 327 g/mol. The predicted octanol–water partition coefficient (Wildman–Crippen LogP) is 1.26. The molecule has 1 saturated heterocycles. The van der Waals surface area contributed by atoms with Gasteiger partial charge in [-0.1, -0.05) is 13.8 Å². The number of hydrogen-bond acceptors (Lipinski definition) is 4. The number of carboxylic acids is 1. The Balaban J connectivity index is 2.62. The van der Waals surface area contributed by atoms with Gasteiger partial charge in [0.15, 0.2) is 0 Å². The molecule has 23 heavy (non-hydrogen) atoms. The lowest BCUT2D eigenvalue weighted by Gasteiger charge is -2.38. The van der Waals surface area contributed by atoms with Crippen LogP contribution in [-0.4, -0.2) is 72.6 Å². The van der Waals surface area contributed by atoms with Crippen molar-refractivity contribution in [2.45, 2.75) is 52.6 Å². The van der Waals surface area contributed by atoms with Gasteiger partial charge in [-0.3, -0.25) is 4.79 Å². The largest absolute Gasteiger partial charge is 0.480 e. The second-order valence-electron chi connectivity index (χ2n) is 7.87. The standard InChI is InChI=1S/C17H33N3O3/c1-12(2)14(15(21)22)18-16(23)17(3,4)11-20(6)13-7-9-19(5)10-8-13/h12-14H,7-11H2,1-6H3,(H,18,23)(H,21,22). The van der Waals surface area contributed by atoms with Crippen LogP contribution in [0.4, 0.5) is 0 Å². The molecule has 1 aliphatic rings. The molecule has 1 amide bonds. The number of nitrogens with zero attached hydrogens (tertiary/aromatic N) is 2. The van der Waals surface area contributed by atoms with Crippen molar-refractivity contribution >= 4 is 11.9 Å². The zero-order chi connectivity index (χ0) is 17.8. The Bertz CT molecular complexity index is 415. The van der Waals surface area contributed by atoms with E-state index < -0.39 is 17.4 Å². The van der Waals surface area contributed by atoms with Crippen LogP contribution in [0.2, 0.25) is 0 Å². The molecule has 0 bridgehead atoms. The molecule has 1 unspecified atom stereocenters. The fourth-order valence-corrected chi connectivity index (χ4v) is 3.11. The van der Waals surface area contributed by atoms with E-state index in [-0.39, 0.29) is 11.8 Å². The number of carbonyl (C=O) groups is 2.